The molecule has 1 aliphatic heterocycles. The van der Waals surface area contributed by atoms with Crippen LogP contribution < -0.4 is 20.1 Å². The third-order valence-electron chi connectivity index (χ3n) is 6.90. The van der Waals surface area contributed by atoms with E-state index in [-0.39, 0.29) is 17.5 Å². The Balaban J connectivity index is 1.48. The number of fused-ring (bicyclic) bond motifs is 1. The molecule has 1 aliphatic carbocycles. The van der Waals surface area contributed by atoms with Crippen molar-refractivity contribution in [2.75, 3.05) is 33.1 Å². The summed E-state index contributed by atoms with van der Waals surface area (Å²) in [6, 6.07) is 13.8. The van der Waals surface area contributed by atoms with Gasteiger partial charge in [-0.2, -0.15) is 0 Å². The van der Waals surface area contributed by atoms with Crippen molar-refractivity contribution in [3.05, 3.63) is 53.1 Å². The zero-order chi connectivity index (χ0) is 22.0. The zero-order valence-electron chi connectivity index (χ0n) is 18.3. The lowest BCUT2D eigenvalue weighted by Crippen LogP contribution is -2.52. The fourth-order valence-electron chi connectivity index (χ4n) is 5.31. The molecule has 1 saturated carbocycles. The van der Waals surface area contributed by atoms with Gasteiger partial charge in [0, 0.05) is 28.2 Å². The smallest absolute Gasteiger partial charge is 0.319 e. The molecule has 2 aromatic carbocycles. The van der Waals surface area contributed by atoms with E-state index in [1.54, 1.807) is 26.4 Å². The van der Waals surface area contributed by atoms with Crippen molar-refractivity contribution < 1.29 is 14.3 Å². The number of methoxy groups -OCH3 is 2. The van der Waals surface area contributed by atoms with Crippen molar-refractivity contribution in [2.24, 2.45) is 0 Å². The van der Waals surface area contributed by atoms with Gasteiger partial charge in [0.25, 0.3) is 0 Å². The molecule has 0 spiro atoms. The average molecular weight is 444 g/mol. The standard InChI is InChI=1S/C24H30ClN3O3/c1-28-12-11-24(16-7-8-20(30-2)21(13-16)31-3)10-9-19(15-22(24)28)27-23(29)26-18-6-4-5-17(25)14-18/h4-8,13-14,19,22H,9-12,15H2,1-3H3,(H2,26,27,29). The SMILES string of the molecule is COc1ccc(C23CCC(NC(=O)Nc4cccc(Cl)c4)CC2N(C)CC3)cc1OC. The molecule has 7 heteroatoms. The Hall–Kier alpha value is -2.44. The predicted molar refractivity (Wildman–Crippen MR) is 124 cm³/mol. The largest absolute Gasteiger partial charge is 0.493 e. The third-order valence-corrected chi connectivity index (χ3v) is 7.14. The van der Waals surface area contributed by atoms with Gasteiger partial charge in [-0.15, -0.1) is 0 Å². The molecule has 3 atom stereocenters. The molecular formula is C24H30ClN3O3. The summed E-state index contributed by atoms with van der Waals surface area (Å²) in [4.78, 5) is 15.0. The molecule has 2 aliphatic rings. The van der Waals surface area contributed by atoms with Crippen molar-refractivity contribution in [3.63, 3.8) is 0 Å². The molecule has 0 radical (unpaired) electrons. The summed E-state index contributed by atoms with van der Waals surface area (Å²) < 4.78 is 11.0. The van der Waals surface area contributed by atoms with Crippen molar-refractivity contribution >= 4 is 23.3 Å². The molecule has 31 heavy (non-hydrogen) atoms. The van der Waals surface area contributed by atoms with E-state index in [1.165, 1.54) is 5.56 Å². The molecule has 166 valence electrons. The minimum atomic E-state index is -0.188. The molecular weight excluding hydrogens is 414 g/mol. The Bertz CT molecular complexity index is 953. The Morgan fingerprint density at radius 3 is 2.68 bits per heavy atom. The fourth-order valence-corrected chi connectivity index (χ4v) is 5.50. The number of halogens is 1. The molecule has 0 aromatic heterocycles. The van der Waals surface area contributed by atoms with E-state index in [2.05, 4.69) is 34.7 Å². The number of carbonyl (C=O) groups is 1. The number of likely N-dealkylation sites (N-methyl/N-ethyl adjacent to an activating group) is 1. The number of carbonyl (C=O) groups excluding carboxylic acids is 1. The average Bonchev–Trinajstić information content (AvgIpc) is 3.10. The quantitative estimate of drug-likeness (QED) is 0.704. The van der Waals surface area contributed by atoms with Gasteiger partial charge < -0.3 is 25.0 Å². The van der Waals surface area contributed by atoms with Crippen molar-refractivity contribution in [1.29, 1.82) is 0 Å². The first-order chi connectivity index (χ1) is 14.9. The van der Waals surface area contributed by atoms with Crippen LogP contribution in [0.5, 0.6) is 11.5 Å². The predicted octanol–water partition coefficient (Wildman–Crippen LogP) is 4.67. The van der Waals surface area contributed by atoms with E-state index in [1.807, 2.05) is 18.2 Å². The highest BCUT2D eigenvalue weighted by molar-refractivity contribution is 6.30. The zero-order valence-corrected chi connectivity index (χ0v) is 19.0. The molecule has 3 unspecified atom stereocenters. The van der Waals surface area contributed by atoms with Crippen LogP contribution in [0.4, 0.5) is 10.5 Å². The number of amides is 2. The van der Waals surface area contributed by atoms with Gasteiger partial charge in [-0.1, -0.05) is 23.7 Å². The number of hydrogen-bond donors (Lipinski definition) is 2. The van der Waals surface area contributed by atoms with Crippen LogP contribution in [0.2, 0.25) is 5.02 Å². The van der Waals surface area contributed by atoms with Crippen LogP contribution in [0.15, 0.2) is 42.5 Å². The number of nitrogens with one attached hydrogen (secondary N) is 2. The summed E-state index contributed by atoms with van der Waals surface area (Å²) in [5.41, 5.74) is 2.05. The van der Waals surface area contributed by atoms with Crippen LogP contribution in [0, 0.1) is 0 Å². The van der Waals surface area contributed by atoms with Gasteiger partial charge in [0.2, 0.25) is 0 Å². The van der Waals surface area contributed by atoms with E-state index >= 15 is 0 Å². The number of anilines is 1. The van der Waals surface area contributed by atoms with E-state index in [0.717, 1.165) is 43.7 Å². The molecule has 2 fully saturated rings. The second kappa shape index (κ2) is 8.97. The van der Waals surface area contributed by atoms with Gasteiger partial charge in [0.1, 0.15) is 0 Å². The molecule has 6 nitrogen and oxygen atoms in total. The number of likely N-dealkylation sites (tertiary alicyclic amines) is 1. The highest BCUT2D eigenvalue weighted by atomic mass is 35.5. The summed E-state index contributed by atoms with van der Waals surface area (Å²) in [6.07, 6.45) is 3.96. The van der Waals surface area contributed by atoms with Crippen LogP contribution in [-0.4, -0.2) is 50.8 Å². The van der Waals surface area contributed by atoms with Gasteiger partial charge in [0.15, 0.2) is 11.5 Å². The highest BCUT2D eigenvalue weighted by Crippen LogP contribution is 2.49. The summed E-state index contributed by atoms with van der Waals surface area (Å²) in [5.74, 6) is 1.52. The molecule has 0 bridgehead atoms. The molecule has 4 rings (SSSR count). The van der Waals surface area contributed by atoms with E-state index in [9.17, 15) is 4.79 Å². The van der Waals surface area contributed by atoms with Gasteiger partial charge >= 0.3 is 6.03 Å². The Morgan fingerprint density at radius 2 is 1.94 bits per heavy atom. The maximum Gasteiger partial charge on any atom is 0.319 e. The molecule has 2 amide bonds. The minimum absolute atomic E-state index is 0.0654. The number of hydrogen-bond acceptors (Lipinski definition) is 4. The third kappa shape index (κ3) is 4.32. The van der Waals surface area contributed by atoms with Crippen LogP contribution >= 0.6 is 11.6 Å². The first-order valence-electron chi connectivity index (χ1n) is 10.7. The van der Waals surface area contributed by atoms with E-state index < -0.39 is 0 Å². The van der Waals surface area contributed by atoms with Crippen LogP contribution in [0.3, 0.4) is 0 Å². The topological polar surface area (TPSA) is 62.8 Å². The Kier molecular flexibility index (Phi) is 6.30. The van der Waals surface area contributed by atoms with Crippen LogP contribution in [-0.2, 0) is 5.41 Å². The summed E-state index contributed by atoms with van der Waals surface area (Å²) in [7, 11) is 5.52. The molecule has 1 heterocycles. The summed E-state index contributed by atoms with van der Waals surface area (Å²) >= 11 is 6.02. The van der Waals surface area contributed by atoms with E-state index in [0.29, 0.717) is 16.8 Å². The Labute approximate surface area is 188 Å². The van der Waals surface area contributed by atoms with E-state index in [4.69, 9.17) is 21.1 Å². The van der Waals surface area contributed by atoms with Gasteiger partial charge in [-0.05, 0) is 75.2 Å². The fraction of sp³-hybridized carbons (Fsp3) is 0.458. The summed E-state index contributed by atoms with van der Waals surface area (Å²) in [5, 5.41) is 6.66. The number of rotatable bonds is 5. The summed E-state index contributed by atoms with van der Waals surface area (Å²) in [6.45, 7) is 1.04. The number of benzene rings is 2. The second-order valence-corrected chi connectivity index (χ2v) is 8.99. The first-order valence-corrected chi connectivity index (χ1v) is 11.1. The second-order valence-electron chi connectivity index (χ2n) is 8.55. The van der Waals surface area contributed by atoms with Crippen molar-refractivity contribution in [2.45, 2.75) is 43.2 Å². The number of urea groups is 1. The lowest BCUT2D eigenvalue weighted by Gasteiger charge is -2.45. The lowest BCUT2D eigenvalue weighted by molar-refractivity contribution is 0.156. The maximum absolute atomic E-state index is 12.6. The van der Waals surface area contributed by atoms with Crippen LogP contribution in [0.1, 0.15) is 31.2 Å². The molecule has 2 aromatic rings. The van der Waals surface area contributed by atoms with Crippen molar-refractivity contribution in [1.82, 2.24) is 10.2 Å². The first kappa shape index (κ1) is 21.8. The minimum Gasteiger partial charge on any atom is -0.493 e. The normalized spacial score (nSPS) is 25.5. The lowest BCUT2D eigenvalue weighted by atomic mass is 9.65. The molecule has 1 saturated heterocycles. The maximum atomic E-state index is 12.6. The number of nitrogens with zero attached hydrogens (tertiary/aromatic N) is 1. The highest BCUT2D eigenvalue weighted by Gasteiger charge is 2.50. The monoisotopic (exact) mass is 443 g/mol. The van der Waals surface area contributed by atoms with Gasteiger partial charge in [-0.3, -0.25) is 0 Å². The van der Waals surface area contributed by atoms with Crippen LogP contribution in [0.25, 0.3) is 0 Å². The number of ether oxygens (including phenoxy) is 2. The van der Waals surface area contributed by atoms with Crippen molar-refractivity contribution in [3.8, 4) is 11.5 Å². The van der Waals surface area contributed by atoms with Gasteiger partial charge in [-0.25, -0.2) is 4.79 Å². The Morgan fingerprint density at radius 1 is 1.13 bits per heavy atom. The van der Waals surface area contributed by atoms with Gasteiger partial charge in [0.05, 0.1) is 14.2 Å². The molecule has 2 N–H and O–H groups in total.